The molecule has 4 aromatic rings. The first-order valence-corrected chi connectivity index (χ1v) is 20.8. The van der Waals surface area contributed by atoms with Gasteiger partial charge >= 0.3 is 0 Å². The van der Waals surface area contributed by atoms with Crippen molar-refractivity contribution in [3.05, 3.63) is 119 Å². The number of carboxylic acid groups (broad SMARTS) is 1. The first-order valence-electron chi connectivity index (χ1n) is 20.8. The fraction of sp³-hybridized carbons (Fsp3) is 0.396. The average Bonchev–Trinajstić information content (AvgIpc) is 3.26. The number of nitrogens with zero attached hydrogens (tertiary/aromatic N) is 4. The Morgan fingerprint density at radius 1 is 0.373 bits per heavy atom. The molecule has 0 aliphatic carbocycles. The Kier molecular flexibility index (Phi) is 83.6. The monoisotopic (exact) mass is 1280 g/mol. The Morgan fingerprint density at radius 2 is 0.493 bits per heavy atom. The van der Waals surface area contributed by atoms with E-state index in [1.54, 1.807) is 72.8 Å². The molecular weight excluding hydrogens is 1200 g/mol. The van der Waals surface area contributed by atoms with Gasteiger partial charge in [0.2, 0.25) is 0 Å². The van der Waals surface area contributed by atoms with Crippen LogP contribution in [-0.4, -0.2) is 188 Å². The first-order chi connectivity index (χ1) is 31.9. The van der Waals surface area contributed by atoms with Crippen molar-refractivity contribution in [1.29, 1.82) is 0 Å². The Hall–Kier alpha value is -3.65. The number of aliphatic imine (C=N–C) groups is 4. The zero-order valence-electron chi connectivity index (χ0n) is 42.8. The van der Waals surface area contributed by atoms with E-state index >= 15 is 0 Å². The van der Waals surface area contributed by atoms with Crippen LogP contribution in [0.25, 0.3) is 0 Å². The standard InChI is InChI=1S/4C10H13NO2.3C2H6O2.C2H4O2.5Fe.2H2O/c4*1-8(11-6-7-12)9-4-2-3-5-10(9)13;4*1-2(3)4;;;;;;;/h4*2-5,12-13H,6-7H2,1H3;3*2-4H,1H3;1H3,(H,3,4);;;;;;2*1H2. The maximum atomic E-state index is 9.44. The van der Waals surface area contributed by atoms with Gasteiger partial charge in [0.25, 0.3) is 5.97 Å². The fourth-order valence-electron chi connectivity index (χ4n) is 4.33. The number of phenols is 4. The van der Waals surface area contributed by atoms with E-state index in [2.05, 4.69) is 20.0 Å². The minimum atomic E-state index is -1.17. The molecule has 0 unspecified atom stereocenters. The third kappa shape index (κ3) is 62.8. The van der Waals surface area contributed by atoms with Crippen molar-refractivity contribution in [3.63, 3.8) is 0 Å². The van der Waals surface area contributed by atoms with Crippen LogP contribution in [0.1, 0.15) is 77.6 Å². The Labute approximate surface area is 492 Å². The third-order valence-corrected chi connectivity index (χ3v) is 6.97. The minimum absolute atomic E-state index is 0. The van der Waals surface area contributed by atoms with Crippen LogP contribution in [0.4, 0.5) is 0 Å². The molecular formula is C48H78Fe5N4O18. The maximum Gasteiger partial charge on any atom is 0.300 e. The molecule has 0 atom stereocenters. The summed E-state index contributed by atoms with van der Waals surface area (Å²) in [5, 5.41) is 125. The van der Waals surface area contributed by atoms with Crippen molar-refractivity contribution in [2.24, 2.45) is 20.0 Å². The van der Waals surface area contributed by atoms with E-state index in [9.17, 15) is 20.4 Å². The van der Waals surface area contributed by atoms with E-state index in [0.29, 0.717) is 26.2 Å². The number of benzene rings is 4. The van der Waals surface area contributed by atoms with Crippen LogP contribution in [0.3, 0.4) is 0 Å². The minimum Gasteiger partial charge on any atom is -0.507 e. The second kappa shape index (κ2) is 64.6. The smallest absolute Gasteiger partial charge is 0.300 e. The molecule has 75 heavy (non-hydrogen) atoms. The Morgan fingerprint density at radius 3 is 0.600 bits per heavy atom. The second-order valence-corrected chi connectivity index (χ2v) is 13.2. The third-order valence-electron chi connectivity index (χ3n) is 6.97. The van der Waals surface area contributed by atoms with Crippen molar-refractivity contribution in [3.8, 4) is 23.0 Å². The second-order valence-electron chi connectivity index (χ2n) is 13.2. The zero-order chi connectivity index (χ0) is 53.0. The van der Waals surface area contributed by atoms with Gasteiger partial charge in [-0.05, 0) is 97.0 Å². The summed E-state index contributed by atoms with van der Waals surface area (Å²) in [7, 11) is 0. The number of aliphatic hydroxyl groups is 10. The Balaban J connectivity index is -0.0000000717. The number of aliphatic hydroxyl groups excluding tert-OH is 7. The van der Waals surface area contributed by atoms with Gasteiger partial charge in [-0.25, -0.2) is 0 Å². The molecule has 4 rings (SSSR count). The predicted octanol–water partition coefficient (Wildman–Crippen LogP) is 1.15. The molecule has 4 aromatic carbocycles. The van der Waals surface area contributed by atoms with Gasteiger partial charge in [0.15, 0.2) is 0 Å². The number of hydrogen-bond acceptors (Lipinski definition) is 19. The zero-order valence-corrected chi connectivity index (χ0v) is 48.3. The molecule has 0 radical (unpaired) electrons. The molecule has 19 N–H and O–H groups in total. The first kappa shape index (κ1) is 97.0. The van der Waals surface area contributed by atoms with E-state index in [-0.39, 0.29) is 146 Å². The summed E-state index contributed by atoms with van der Waals surface area (Å²) in [4.78, 5) is 25.3. The quantitative estimate of drug-likeness (QED) is 0.0537. The van der Waals surface area contributed by atoms with Gasteiger partial charge in [-0.3, -0.25) is 24.8 Å². The topological polar surface area (TPSA) is 433 Å². The number of carbonyl (C=O) groups is 1. The van der Waals surface area contributed by atoms with Gasteiger partial charge in [-0.1, -0.05) is 48.5 Å². The molecule has 0 bridgehead atoms. The molecule has 0 fully saturated rings. The van der Waals surface area contributed by atoms with Crippen LogP contribution in [-0.2, 0) is 90.1 Å². The summed E-state index contributed by atoms with van der Waals surface area (Å²) in [5.41, 5.74) is 5.84. The molecule has 22 nitrogen and oxygen atoms in total. The summed E-state index contributed by atoms with van der Waals surface area (Å²) in [6.45, 7) is 13.8. The van der Waals surface area contributed by atoms with E-state index < -0.39 is 24.8 Å². The predicted molar refractivity (Wildman–Crippen MR) is 271 cm³/mol. The molecule has 438 valence electrons. The van der Waals surface area contributed by atoms with E-state index in [0.717, 1.165) is 52.0 Å². The van der Waals surface area contributed by atoms with Crippen molar-refractivity contribution in [2.45, 2.75) is 74.3 Å². The summed E-state index contributed by atoms with van der Waals surface area (Å²) >= 11 is 0. The van der Waals surface area contributed by atoms with Crippen LogP contribution in [0.5, 0.6) is 23.0 Å². The van der Waals surface area contributed by atoms with Crippen LogP contribution in [0, 0.1) is 0 Å². The summed E-state index contributed by atoms with van der Waals surface area (Å²) < 4.78 is 0. The Bertz CT molecular complexity index is 1760. The van der Waals surface area contributed by atoms with Gasteiger partial charge < -0.3 is 87.6 Å². The molecule has 0 saturated carbocycles. The van der Waals surface area contributed by atoms with Gasteiger partial charge in [-0.2, -0.15) is 0 Å². The molecule has 0 aliphatic rings. The van der Waals surface area contributed by atoms with Crippen molar-refractivity contribution < 1.29 is 178 Å². The van der Waals surface area contributed by atoms with Crippen LogP contribution in [0.2, 0.25) is 0 Å². The van der Waals surface area contributed by atoms with Crippen LogP contribution in [0.15, 0.2) is 117 Å². The summed E-state index contributed by atoms with van der Waals surface area (Å²) in [6, 6.07) is 28.1. The van der Waals surface area contributed by atoms with Crippen molar-refractivity contribution in [1.82, 2.24) is 0 Å². The molecule has 0 amide bonds. The molecule has 0 aromatic heterocycles. The molecule has 0 heterocycles. The van der Waals surface area contributed by atoms with Gasteiger partial charge in [0.1, 0.15) is 41.9 Å². The SMILES string of the molecule is CC(=NCCO)c1ccccc1O.CC(=NCCO)c1ccccc1O.CC(=NCCO)c1ccccc1O.CC(=NCCO)c1ccccc1O.CC(=O)O.CC(O)O.CC(O)O.CC(O)O.O.O.[Fe].[Fe].[Fe].[Fe].[Fe]. The number of rotatable bonds is 12. The van der Waals surface area contributed by atoms with E-state index in [1.807, 2.05) is 52.0 Å². The average molecular weight is 1280 g/mol. The molecule has 0 saturated heterocycles. The van der Waals surface area contributed by atoms with Gasteiger partial charge in [0, 0.05) is 137 Å². The summed E-state index contributed by atoms with van der Waals surface area (Å²) in [5.74, 6) is 0.0618. The van der Waals surface area contributed by atoms with Gasteiger partial charge in [0.05, 0.1) is 52.6 Å². The number of aliphatic carboxylic acids is 1. The number of aromatic hydroxyl groups is 4. The van der Waals surface area contributed by atoms with Crippen LogP contribution >= 0.6 is 0 Å². The van der Waals surface area contributed by atoms with E-state index in [4.69, 9.17) is 61.0 Å². The van der Waals surface area contributed by atoms with E-state index in [1.165, 1.54) is 20.8 Å². The van der Waals surface area contributed by atoms with Crippen molar-refractivity contribution in [2.75, 3.05) is 52.6 Å². The fourth-order valence-corrected chi connectivity index (χ4v) is 4.33. The number of carboxylic acids is 1. The molecule has 27 heteroatoms. The number of phenolic OH excluding ortho intramolecular Hbond substituents is 4. The molecule has 0 spiro atoms. The number of hydrogen-bond donors (Lipinski definition) is 15. The maximum absolute atomic E-state index is 9.44. The largest absolute Gasteiger partial charge is 0.507 e. The van der Waals surface area contributed by atoms with Crippen LogP contribution < -0.4 is 0 Å². The summed E-state index contributed by atoms with van der Waals surface area (Å²) in [6.07, 6.45) is -3.50. The number of para-hydroxylation sites is 4. The molecule has 0 aliphatic heterocycles. The van der Waals surface area contributed by atoms with Crippen molar-refractivity contribution >= 4 is 28.8 Å². The van der Waals surface area contributed by atoms with Gasteiger partial charge in [-0.15, -0.1) is 0 Å². The normalized spacial score (nSPS) is 9.88.